The Kier molecular flexibility index (Phi) is 7.53. The maximum Gasteiger partial charge on any atom is 0.338 e. The topological polar surface area (TPSA) is 94.3 Å². The Morgan fingerprint density at radius 2 is 1.77 bits per heavy atom. The molecule has 4 rings (SSSR count). The van der Waals surface area contributed by atoms with Crippen LogP contribution in [0.15, 0.2) is 79.1 Å². The van der Waals surface area contributed by atoms with Crippen LogP contribution in [0.25, 0.3) is 10.8 Å². The minimum absolute atomic E-state index is 0.113. The largest absolute Gasteiger partial charge is 0.457 e. The Morgan fingerprint density at radius 3 is 2.51 bits per heavy atom. The maximum absolute atomic E-state index is 13.1. The number of hydrogen-bond acceptors (Lipinski definition) is 5. The average Bonchev–Trinajstić information content (AvgIpc) is 2.86. The molecule has 1 amide bonds. The van der Waals surface area contributed by atoms with Gasteiger partial charge in [-0.15, -0.1) is 0 Å². The van der Waals surface area contributed by atoms with Gasteiger partial charge >= 0.3 is 5.97 Å². The molecule has 35 heavy (non-hydrogen) atoms. The number of nitrogens with two attached hydrogens (primary N) is 1. The second kappa shape index (κ2) is 10.9. The van der Waals surface area contributed by atoms with E-state index in [-0.39, 0.29) is 24.4 Å². The number of amides is 1. The number of hydrogen-bond donors (Lipinski definition) is 2. The predicted molar refractivity (Wildman–Crippen MR) is 138 cm³/mol. The van der Waals surface area contributed by atoms with Gasteiger partial charge in [0.05, 0.1) is 11.5 Å². The summed E-state index contributed by atoms with van der Waals surface area (Å²) >= 11 is 0. The smallest absolute Gasteiger partial charge is 0.338 e. The zero-order chi connectivity index (χ0) is 24.8. The first-order chi connectivity index (χ1) is 16.9. The summed E-state index contributed by atoms with van der Waals surface area (Å²) in [6.45, 7) is 4.43. The molecule has 0 spiro atoms. The van der Waals surface area contributed by atoms with Gasteiger partial charge in [-0.2, -0.15) is 0 Å². The van der Waals surface area contributed by atoms with Crippen LogP contribution in [0.1, 0.15) is 45.0 Å². The lowest BCUT2D eigenvalue weighted by Gasteiger charge is -2.17. The van der Waals surface area contributed by atoms with Gasteiger partial charge in [-0.3, -0.25) is 9.78 Å². The van der Waals surface area contributed by atoms with Crippen molar-refractivity contribution in [3.8, 4) is 0 Å². The van der Waals surface area contributed by atoms with Gasteiger partial charge in [-0.05, 0) is 73.2 Å². The molecule has 6 heteroatoms. The van der Waals surface area contributed by atoms with Crippen LogP contribution in [0, 0.1) is 13.8 Å². The number of fused-ring (bicyclic) bond motifs is 1. The number of rotatable bonds is 8. The summed E-state index contributed by atoms with van der Waals surface area (Å²) < 4.78 is 5.50. The Hall–Kier alpha value is -4.03. The monoisotopic (exact) mass is 467 g/mol. The third-order valence-corrected chi connectivity index (χ3v) is 6.03. The number of aromatic nitrogens is 1. The van der Waals surface area contributed by atoms with Crippen LogP contribution < -0.4 is 11.1 Å². The highest BCUT2D eigenvalue weighted by atomic mass is 16.5. The molecule has 178 valence electrons. The van der Waals surface area contributed by atoms with Gasteiger partial charge in [0.1, 0.15) is 6.61 Å². The van der Waals surface area contributed by atoms with E-state index in [0.717, 1.165) is 38.7 Å². The fourth-order valence-corrected chi connectivity index (χ4v) is 4.12. The molecule has 0 aliphatic rings. The van der Waals surface area contributed by atoms with Gasteiger partial charge in [0.15, 0.2) is 0 Å². The predicted octanol–water partition coefficient (Wildman–Crippen LogP) is 5.28. The molecule has 6 nitrogen and oxygen atoms in total. The molecular formula is C29H29N3O3. The Balaban J connectivity index is 1.42. The zero-order valence-corrected chi connectivity index (χ0v) is 20.0. The highest BCUT2D eigenvalue weighted by molar-refractivity contribution is 5.98. The number of nitrogens with one attached hydrogen (secondary N) is 1. The van der Waals surface area contributed by atoms with Crippen LogP contribution in [0.2, 0.25) is 0 Å². The molecule has 0 aliphatic heterocycles. The minimum Gasteiger partial charge on any atom is -0.457 e. The van der Waals surface area contributed by atoms with Crippen LogP contribution in [-0.4, -0.2) is 23.4 Å². The molecule has 0 radical (unpaired) electrons. The lowest BCUT2D eigenvalue weighted by Crippen LogP contribution is -2.23. The average molecular weight is 468 g/mol. The van der Waals surface area contributed by atoms with Gasteiger partial charge < -0.3 is 15.8 Å². The summed E-state index contributed by atoms with van der Waals surface area (Å²) in [6, 6.07) is 20.8. The number of esters is 1. The minimum atomic E-state index is -0.389. The highest BCUT2D eigenvalue weighted by Gasteiger charge is 2.20. The number of ether oxygens (including phenoxy) is 1. The van der Waals surface area contributed by atoms with Crippen molar-refractivity contribution in [2.45, 2.75) is 32.8 Å². The van der Waals surface area contributed by atoms with Crippen LogP contribution in [0.4, 0.5) is 5.69 Å². The second-order valence-corrected chi connectivity index (χ2v) is 8.69. The van der Waals surface area contributed by atoms with E-state index in [9.17, 15) is 9.59 Å². The number of pyridine rings is 1. The molecule has 0 unspecified atom stereocenters. The van der Waals surface area contributed by atoms with Crippen molar-refractivity contribution in [2.24, 2.45) is 5.73 Å². The van der Waals surface area contributed by atoms with Crippen molar-refractivity contribution in [1.29, 1.82) is 0 Å². The van der Waals surface area contributed by atoms with E-state index in [2.05, 4.69) is 10.3 Å². The molecule has 3 N–H and O–H groups in total. The lowest BCUT2D eigenvalue weighted by atomic mass is 9.94. The Bertz CT molecular complexity index is 1350. The third kappa shape index (κ3) is 5.91. The summed E-state index contributed by atoms with van der Waals surface area (Å²) in [6.07, 6.45) is 4.04. The first-order valence-electron chi connectivity index (χ1n) is 11.6. The summed E-state index contributed by atoms with van der Waals surface area (Å²) in [7, 11) is 0. The molecule has 0 bridgehead atoms. The van der Waals surface area contributed by atoms with Crippen LogP contribution in [-0.2, 0) is 16.1 Å². The van der Waals surface area contributed by atoms with Gasteiger partial charge in [0, 0.05) is 23.5 Å². The molecule has 1 aromatic heterocycles. The molecule has 1 atom stereocenters. The lowest BCUT2D eigenvalue weighted by molar-refractivity contribution is -0.117. The van der Waals surface area contributed by atoms with E-state index in [4.69, 9.17) is 10.5 Å². The molecule has 0 aliphatic carbocycles. The van der Waals surface area contributed by atoms with E-state index in [1.807, 2.05) is 74.5 Å². The fraction of sp³-hybridized carbons (Fsp3) is 0.207. The van der Waals surface area contributed by atoms with Crippen molar-refractivity contribution in [3.63, 3.8) is 0 Å². The van der Waals surface area contributed by atoms with E-state index >= 15 is 0 Å². The summed E-state index contributed by atoms with van der Waals surface area (Å²) in [5, 5.41) is 5.03. The summed E-state index contributed by atoms with van der Waals surface area (Å²) in [5.74, 6) is -0.851. The number of nitrogens with zero attached hydrogens (tertiary/aromatic N) is 1. The van der Waals surface area contributed by atoms with Gasteiger partial charge in [-0.1, -0.05) is 48.0 Å². The van der Waals surface area contributed by atoms with E-state index in [1.165, 1.54) is 0 Å². The zero-order valence-electron chi connectivity index (χ0n) is 20.0. The molecule has 0 saturated carbocycles. The maximum atomic E-state index is 13.1. The van der Waals surface area contributed by atoms with Gasteiger partial charge in [-0.25, -0.2) is 4.79 Å². The van der Waals surface area contributed by atoms with Crippen LogP contribution in [0.3, 0.4) is 0 Å². The Labute approximate surface area is 205 Å². The van der Waals surface area contributed by atoms with Crippen molar-refractivity contribution < 1.29 is 14.3 Å². The van der Waals surface area contributed by atoms with Crippen molar-refractivity contribution in [3.05, 3.63) is 107 Å². The number of carbonyl (C=O) groups is 2. The third-order valence-electron chi connectivity index (χ3n) is 6.03. The first kappa shape index (κ1) is 24.1. The Morgan fingerprint density at radius 1 is 0.971 bits per heavy atom. The van der Waals surface area contributed by atoms with Crippen LogP contribution >= 0.6 is 0 Å². The van der Waals surface area contributed by atoms with Crippen molar-refractivity contribution in [1.82, 2.24) is 4.98 Å². The molecule has 3 aromatic carbocycles. The highest BCUT2D eigenvalue weighted by Crippen LogP contribution is 2.24. The van der Waals surface area contributed by atoms with Gasteiger partial charge in [0.25, 0.3) is 0 Å². The van der Waals surface area contributed by atoms with Gasteiger partial charge in [0.2, 0.25) is 5.91 Å². The molecule has 1 heterocycles. The number of carbonyl (C=O) groups excluding carboxylic acids is 2. The second-order valence-electron chi connectivity index (χ2n) is 8.69. The number of anilines is 1. The summed E-state index contributed by atoms with van der Waals surface area (Å²) in [4.78, 5) is 29.7. The number of aryl methyl sites for hydroxylation is 2. The van der Waals surface area contributed by atoms with E-state index < -0.39 is 0 Å². The SMILES string of the molecule is Cc1ccc(C(=O)OCc2ccc([C@@H](CCN)C(=O)Nc3ccc4cnccc4c3)cc2)c(C)c1. The first-order valence-corrected chi connectivity index (χ1v) is 11.6. The summed E-state index contributed by atoms with van der Waals surface area (Å²) in [5.41, 5.74) is 10.8. The molecular weight excluding hydrogens is 438 g/mol. The van der Waals surface area contributed by atoms with Crippen molar-refractivity contribution >= 4 is 28.3 Å². The van der Waals surface area contributed by atoms with E-state index in [0.29, 0.717) is 18.5 Å². The normalized spacial score (nSPS) is 11.7. The molecule has 0 fully saturated rings. The van der Waals surface area contributed by atoms with E-state index in [1.54, 1.807) is 18.5 Å². The fourth-order valence-electron chi connectivity index (χ4n) is 4.12. The molecule has 4 aromatic rings. The van der Waals surface area contributed by atoms with Crippen LogP contribution in [0.5, 0.6) is 0 Å². The van der Waals surface area contributed by atoms with Crippen molar-refractivity contribution in [2.75, 3.05) is 11.9 Å². The standard InChI is InChI=1S/C29H29N3O3/c1-19-3-10-26(20(2)15-19)29(34)35-18-21-4-6-22(7-5-21)27(11-13-30)28(33)32-25-9-8-24-17-31-14-12-23(24)16-25/h3-10,12,14-17,27H,11,13,18,30H2,1-2H3,(H,32,33)/t27-/m1/s1. The quantitative estimate of drug-likeness (QED) is 0.344. The number of benzene rings is 3. The molecule has 0 saturated heterocycles.